The molecule has 0 aromatic rings. The van der Waals surface area contributed by atoms with Crippen molar-refractivity contribution in [1.82, 2.24) is 5.01 Å². The Morgan fingerprint density at radius 3 is 2.17 bits per heavy atom. The zero-order valence-electron chi connectivity index (χ0n) is 3.44. The first-order chi connectivity index (χ1) is 2.80. The Kier molecular flexibility index (Phi) is 0.776. The Morgan fingerprint density at radius 2 is 2.17 bits per heavy atom. The molecule has 0 aliphatic carbocycles. The van der Waals surface area contributed by atoms with Gasteiger partial charge in [0.1, 0.15) is 0 Å². The van der Waals surface area contributed by atoms with Gasteiger partial charge in [0.15, 0.2) is 0 Å². The molecule has 4 heteroatoms. The van der Waals surface area contributed by atoms with Crippen molar-refractivity contribution in [2.75, 3.05) is 13.1 Å². The van der Waals surface area contributed by atoms with Crippen LogP contribution in [0.15, 0.2) is 0 Å². The number of hydrogen-bond acceptors (Lipinski definition) is 2. The van der Waals surface area contributed by atoms with E-state index in [1.54, 1.807) is 5.01 Å². The predicted octanol–water partition coefficient (Wildman–Crippen LogP) is -2.06. The van der Waals surface area contributed by atoms with E-state index in [4.69, 9.17) is 11.7 Å². The molecule has 4 nitrogen and oxygen atoms in total. The maximum atomic E-state index is 6.72. The molecular weight excluding hydrogens is 80.0 g/mol. The summed E-state index contributed by atoms with van der Waals surface area (Å²) in [5.41, 5.74) is 0. The van der Waals surface area contributed by atoms with Crippen LogP contribution in [0, 0.1) is 0 Å². The van der Waals surface area contributed by atoms with Crippen molar-refractivity contribution in [3.8, 4) is 0 Å². The third-order valence-corrected chi connectivity index (χ3v) is 0.788. The molecule has 1 aliphatic heterocycles. The molecule has 0 amide bonds. The van der Waals surface area contributed by atoms with Gasteiger partial charge in [-0.05, 0) is 0 Å². The fourth-order valence-electron chi connectivity index (χ4n) is 0.291. The summed E-state index contributed by atoms with van der Waals surface area (Å²) in [5.74, 6) is 11.7. The lowest BCUT2D eigenvalue weighted by Crippen LogP contribution is -3.14. The first kappa shape index (κ1) is 4.01. The van der Waals surface area contributed by atoms with Crippen molar-refractivity contribution in [2.45, 2.75) is 0 Å². The SMILES string of the molecule is [NH-][NH+](N)N1CC1. The van der Waals surface area contributed by atoms with Gasteiger partial charge in [-0.2, -0.15) is 5.84 Å². The third-order valence-electron chi connectivity index (χ3n) is 0.788. The average molecular weight is 88.1 g/mol. The van der Waals surface area contributed by atoms with Crippen LogP contribution in [0.5, 0.6) is 0 Å². The molecule has 36 valence electrons. The van der Waals surface area contributed by atoms with E-state index < -0.39 is 0 Å². The van der Waals surface area contributed by atoms with Crippen LogP contribution in [0.3, 0.4) is 0 Å². The molecular formula is C2H8N4. The van der Waals surface area contributed by atoms with Crippen LogP contribution in [0.4, 0.5) is 0 Å². The largest absolute Gasteiger partial charge is 0.427 e. The second-order valence-corrected chi connectivity index (χ2v) is 1.37. The molecule has 1 atom stereocenters. The lowest BCUT2D eigenvalue weighted by atomic mass is 11.0. The molecule has 0 radical (unpaired) electrons. The molecule has 1 saturated heterocycles. The van der Waals surface area contributed by atoms with E-state index in [2.05, 4.69) is 0 Å². The van der Waals surface area contributed by atoms with Crippen molar-refractivity contribution in [1.29, 1.82) is 0 Å². The molecule has 1 heterocycles. The Bertz CT molecular complexity index is 47.5. The molecule has 1 rings (SSSR count). The summed E-state index contributed by atoms with van der Waals surface area (Å²) in [6.45, 7) is 1.96. The summed E-state index contributed by atoms with van der Waals surface area (Å²) in [5, 5.41) is 1.98. The molecule has 0 bridgehead atoms. The lowest BCUT2D eigenvalue weighted by Gasteiger charge is -2.11. The van der Waals surface area contributed by atoms with Crippen LogP contribution >= 0.6 is 0 Å². The minimum Gasteiger partial charge on any atom is -0.427 e. The van der Waals surface area contributed by atoms with Crippen LogP contribution in [0.2, 0.25) is 0 Å². The normalized spacial score (nSPS) is 27.0. The molecule has 0 aromatic carbocycles. The molecule has 1 aliphatic rings. The molecule has 0 aromatic heterocycles. The van der Waals surface area contributed by atoms with Crippen LogP contribution in [0.25, 0.3) is 5.84 Å². The Hall–Kier alpha value is -0.160. The summed E-state index contributed by atoms with van der Waals surface area (Å²) in [7, 11) is 0. The molecule has 4 N–H and O–H groups in total. The standard InChI is InChI=1S/C2H8N4/c3-6(4)5-1-2-5/h3,6H,1-2,4H2. The topological polar surface area (TPSA) is 57.3 Å². The average Bonchev–Trinajstić information content (AvgIpc) is 2.06. The van der Waals surface area contributed by atoms with Crippen molar-refractivity contribution in [3.63, 3.8) is 0 Å². The summed E-state index contributed by atoms with van der Waals surface area (Å²) < 4.78 is 0. The van der Waals surface area contributed by atoms with Crippen molar-refractivity contribution in [3.05, 3.63) is 5.84 Å². The van der Waals surface area contributed by atoms with Gasteiger partial charge in [0.05, 0.1) is 13.1 Å². The number of nitrogens with one attached hydrogen (secondary N) is 2. The smallest absolute Gasteiger partial charge is 0.0667 e. The van der Waals surface area contributed by atoms with Crippen LogP contribution < -0.4 is 11.1 Å². The van der Waals surface area contributed by atoms with Gasteiger partial charge in [-0.1, -0.05) is 0 Å². The summed E-state index contributed by atoms with van der Waals surface area (Å²) >= 11 is 0. The van der Waals surface area contributed by atoms with Gasteiger partial charge in [-0.25, -0.2) is 0 Å². The minimum absolute atomic E-state index is 0.204. The highest BCUT2D eigenvalue weighted by Gasteiger charge is 2.21. The van der Waals surface area contributed by atoms with E-state index >= 15 is 0 Å². The predicted molar refractivity (Wildman–Crippen MR) is 21.0 cm³/mol. The Morgan fingerprint density at radius 1 is 1.67 bits per heavy atom. The first-order valence-corrected chi connectivity index (χ1v) is 1.89. The third kappa shape index (κ3) is 0.662. The highest BCUT2D eigenvalue weighted by Crippen LogP contribution is 1.88. The van der Waals surface area contributed by atoms with E-state index in [1.807, 2.05) is 0 Å². The Labute approximate surface area is 36.2 Å². The zero-order chi connectivity index (χ0) is 4.57. The molecule has 0 saturated carbocycles. The number of hydrogen-bond donors (Lipinski definition) is 2. The molecule has 0 spiro atoms. The highest BCUT2D eigenvalue weighted by molar-refractivity contribution is 4.58. The summed E-state index contributed by atoms with van der Waals surface area (Å²) in [6.07, 6.45) is 0. The van der Waals surface area contributed by atoms with E-state index in [9.17, 15) is 0 Å². The maximum Gasteiger partial charge on any atom is 0.0667 e. The van der Waals surface area contributed by atoms with Crippen LogP contribution in [-0.2, 0) is 0 Å². The van der Waals surface area contributed by atoms with Crippen LogP contribution in [-0.4, -0.2) is 18.1 Å². The lowest BCUT2D eigenvalue weighted by molar-refractivity contribution is -0.962. The zero-order valence-corrected chi connectivity index (χ0v) is 3.44. The van der Waals surface area contributed by atoms with Crippen molar-refractivity contribution >= 4 is 0 Å². The van der Waals surface area contributed by atoms with Gasteiger partial charge < -0.3 is 5.84 Å². The second kappa shape index (κ2) is 1.16. The van der Waals surface area contributed by atoms with Crippen LogP contribution in [0.1, 0.15) is 0 Å². The summed E-state index contributed by atoms with van der Waals surface area (Å²) in [6, 6.07) is 0. The molecule has 1 unspecified atom stereocenters. The minimum atomic E-state index is 0.204. The molecule has 6 heavy (non-hydrogen) atoms. The molecule has 1 fully saturated rings. The van der Waals surface area contributed by atoms with Gasteiger partial charge in [0.25, 0.3) is 0 Å². The number of nitrogens with two attached hydrogens (primary N) is 1. The fourth-order valence-corrected chi connectivity index (χ4v) is 0.291. The van der Waals surface area contributed by atoms with Gasteiger partial charge in [-0.3, -0.25) is 5.23 Å². The second-order valence-electron chi connectivity index (χ2n) is 1.37. The van der Waals surface area contributed by atoms with Gasteiger partial charge in [0.2, 0.25) is 0 Å². The van der Waals surface area contributed by atoms with E-state index in [1.165, 1.54) is 0 Å². The van der Waals surface area contributed by atoms with E-state index in [0.717, 1.165) is 13.1 Å². The Balaban J connectivity index is 2.13. The van der Waals surface area contributed by atoms with Gasteiger partial charge in [0, 0.05) is 0 Å². The summed E-state index contributed by atoms with van der Waals surface area (Å²) in [4.78, 5) is 0. The quantitative estimate of drug-likeness (QED) is 0.220. The van der Waals surface area contributed by atoms with E-state index in [-0.39, 0.29) is 5.23 Å². The number of rotatable bonds is 1. The van der Waals surface area contributed by atoms with Gasteiger partial charge >= 0.3 is 0 Å². The highest BCUT2D eigenvalue weighted by atomic mass is 15.9. The monoisotopic (exact) mass is 88.1 g/mol. The first-order valence-electron chi connectivity index (χ1n) is 1.89. The van der Waals surface area contributed by atoms with E-state index in [0.29, 0.717) is 0 Å². The number of quaternary nitrogens is 1. The van der Waals surface area contributed by atoms with Crippen molar-refractivity contribution < 1.29 is 5.23 Å². The maximum absolute atomic E-state index is 6.72. The fraction of sp³-hybridized carbons (Fsp3) is 1.00. The van der Waals surface area contributed by atoms with Gasteiger partial charge in [-0.15, -0.1) is 5.01 Å². The van der Waals surface area contributed by atoms with Crippen molar-refractivity contribution in [2.24, 2.45) is 5.84 Å². The number of nitrogens with zero attached hydrogens (tertiary/aromatic N) is 1.